The Hall–Kier alpha value is -1.39. The average molecular weight is 318 g/mol. The molecule has 1 heterocycles. The Kier molecular flexibility index (Phi) is 3.66. The molecule has 1 atom stereocenters. The lowest BCUT2D eigenvalue weighted by molar-refractivity contribution is 0.171. The summed E-state index contributed by atoms with van der Waals surface area (Å²) >= 11 is 6.37. The smallest absolute Gasteiger partial charge is 0.230 e. The van der Waals surface area contributed by atoms with Crippen molar-refractivity contribution in [2.75, 3.05) is 0 Å². The van der Waals surface area contributed by atoms with Gasteiger partial charge in [-0.05, 0) is 44.2 Å². The number of nitrogens with zero attached hydrogens (tertiary/aromatic N) is 3. The van der Waals surface area contributed by atoms with Crippen LogP contribution in [0.15, 0.2) is 28.7 Å². The van der Waals surface area contributed by atoms with Crippen molar-refractivity contribution in [2.24, 2.45) is 0 Å². The second-order valence-corrected chi connectivity index (χ2v) is 6.82. The van der Waals surface area contributed by atoms with Gasteiger partial charge in [0.05, 0.1) is 6.54 Å². The normalized spacial score (nSPS) is 19.6. The molecule has 2 fully saturated rings. The van der Waals surface area contributed by atoms with Crippen LogP contribution in [0, 0.1) is 0 Å². The van der Waals surface area contributed by atoms with Crippen LogP contribution in [0.4, 0.5) is 0 Å². The molecule has 4 nitrogen and oxygen atoms in total. The highest BCUT2D eigenvalue weighted by Crippen LogP contribution is 2.40. The van der Waals surface area contributed by atoms with Crippen molar-refractivity contribution in [3.63, 3.8) is 0 Å². The fraction of sp³-hybridized carbons (Fsp3) is 0.529. The molecule has 2 aromatic rings. The zero-order chi connectivity index (χ0) is 15.1. The molecule has 0 saturated heterocycles. The molecule has 1 aromatic heterocycles. The van der Waals surface area contributed by atoms with Crippen molar-refractivity contribution >= 4 is 11.6 Å². The zero-order valence-electron chi connectivity index (χ0n) is 12.7. The van der Waals surface area contributed by atoms with E-state index < -0.39 is 0 Å². The summed E-state index contributed by atoms with van der Waals surface area (Å²) in [5, 5.41) is 9.25. The molecule has 0 N–H and O–H groups in total. The van der Waals surface area contributed by atoms with E-state index in [9.17, 15) is 0 Å². The molecule has 22 heavy (non-hydrogen) atoms. The van der Waals surface area contributed by atoms with Gasteiger partial charge in [0.15, 0.2) is 0 Å². The van der Waals surface area contributed by atoms with Crippen LogP contribution in [-0.2, 0) is 6.54 Å². The Balaban J connectivity index is 1.53. The lowest BCUT2D eigenvalue weighted by Crippen LogP contribution is -2.29. The van der Waals surface area contributed by atoms with Crippen molar-refractivity contribution in [1.82, 2.24) is 15.1 Å². The van der Waals surface area contributed by atoms with Crippen LogP contribution >= 0.6 is 11.6 Å². The molecule has 2 saturated carbocycles. The van der Waals surface area contributed by atoms with E-state index in [4.69, 9.17) is 16.0 Å². The van der Waals surface area contributed by atoms with Crippen LogP contribution in [0.2, 0.25) is 5.02 Å². The minimum Gasteiger partial charge on any atom is -0.424 e. The third-order valence-electron chi connectivity index (χ3n) is 4.60. The van der Waals surface area contributed by atoms with E-state index in [1.165, 1.54) is 25.7 Å². The number of rotatable bonds is 6. The third kappa shape index (κ3) is 2.90. The standard InChI is InChI=1S/C17H20ClN3O/c1-11(14-4-2-3-5-15(14)18)21(13-8-9-13)10-16-19-20-17(22-16)12-6-7-12/h2-5,11-13H,6-10H2,1H3/t11-/m0/s1. The third-order valence-corrected chi connectivity index (χ3v) is 4.94. The molecular weight excluding hydrogens is 298 g/mol. The van der Waals surface area contributed by atoms with Crippen LogP contribution in [0.1, 0.15) is 61.9 Å². The molecule has 2 aliphatic rings. The van der Waals surface area contributed by atoms with Gasteiger partial charge in [-0.3, -0.25) is 4.90 Å². The first-order chi connectivity index (χ1) is 10.7. The summed E-state index contributed by atoms with van der Waals surface area (Å²) in [6.45, 7) is 2.91. The van der Waals surface area contributed by atoms with E-state index in [1.54, 1.807) is 0 Å². The molecule has 0 amide bonds. The van der Waals surface area contributed by atoms with Gasteiger partial charge in [-0.25, -0.2) is 0 Å². The lowest BCUT2D eigenvalue weighted by atomic mass is 10.1. The van der Waals surface area contributed by atoms with Crippen molar-refractivity contribution in [1.29, 1.82) is 0 Å². The Morgan fingerprint density at radius 3 is 2.68 bits per heavy atom. The van der Waals surface area contributed by atoms with E-state index >= 15 is 0 Å². The number of hydrogen-bond acceptors (Lipinski definition) is 4. The lowest BCUT2D eigenvalue weighted by Gasteiger charge is -2.28. The quantitative estimate of drug-likeness (QED) is 0.795. The maximum Gasteiger partial charge on any atom is 0.230 e. The molecule has 0 bridgehead atoms. The van der Waals surface area contributed by atoms with Crippen LogP contribution in [0.5, 0.6) is 0 Å². The molecule has 116 valence electrons. The van der Waals surface area contributed by atoms with Gasteiger partial charge < -0.3 is 4.42 Å². The highest BCUT2D eigenvalue weighted by atomic mass is 35.5. The van der Waals surface area contributed by atoms with Gasteiger partial charge in [0.2, 0.25) is 11.8 Å². The monoisotopic (exact) mass is 317 g/mol. The van der Waals surface area contributed by atoms with Gasteiger partial charge >= 0.3 is 0 Å². The second-order valence-electron chi connectivity index (χ2n) is 6.41. The Labute approximate surface area is 135 Å². The molecular formula is C17H20ClN3O. The maximum absolute atomic E-state index is 6.37. The van der Waals surface area contributed by atoms with E-state index in [0.717, 1.165) is 22.4 Å². The number of aromatic nitrogens is 2. The predicted octanol–water partition coefficient (Wildman–Crippen LogP) is 4.33. The summed E-state index contributed by atoms with van der Waals surface area (Å²) in [5.41, 5.74) is 1.16. The van der Waals surface area contributed by atoms with E-state index in [2.05, 4.69) is 28.1 Å². The fourth-order valence-electron chi connectivity index (χ4n) is 2.96. The summed E-state index contributed by atoms with van der Waals surface area (Å²) in [7, 11) is 0. The molecule has 0 aliphatic heterocycles. The Bertz CT molecular complexity index is 663. The van der Waals surface area contributed by atoms with Crippen molar-refractivity contribution in [2.45, 2.75) is 57.2 Å². The first-order valence-electron chi connectivity index (χ1n) is 8.05. The maximum atomic E-state index is 6.37. The first kappa shape index (κ1) is 14.2. The van der Waals surface area contributed by atoms with Crippen molar-refractivity contribution in [3.8, 4) is 0 Å². The summed E-state index contributed by atoms with van der Waals surface area (Å²) in [4.78, 5) is 2.44. The van der Waals surface area contributed by atoms with Crippen LogP contribution in [-0.4, -0.2) is 21.1 Å². The summed E-state index contributed by atoms with van der Waals surface area (Å²) in [6.07, 6.45) is 4.84. The minimum absolute atomic E-state index is 0.248. The second kappa shape index (κ2) is 5.67. The van der Waals surface area contributed by atoms with Crippen LogP contribution < -0.4 is 0 Å². The predicted molar refractivity (Wildman–Crippen MR) is 84.7 cm³/mol. The zero-order valence-corrected chi connectivity index (χ0v) is 13.5. The van der Waals surface area contributed by atoms with Gasteiger partial charge in [0.25, 0.3) is 0 Å². The largest absolute Gasteiger partial charge is 0.424 e. The van der Waals surface area contributed by atoms with Gasteiger partial charge in [-0.1, -0.05) is 29.8 Å². The van der Waals surface area contributed by atoms with E-state index in [0.29, 0.717) is 18.5 Å². The molecule has 1 aromatic carbocycles. The van der Waals surface area contributed by atoms with Gasteiger partial charge in [0, 0.05) is 23.0 Å². The van der Waals surface area contributed by atoms with Gasteiger partial charge in [-0.15, -0.1) is 10.2 Å². The topological polar surface area (TPSA) is 42.2 Å². The molecule has 2 aliphatic carbocycles. The Morgan fingerprint density at radius 1 is 1.23 bits per heavy atom. The van der Waals surface area contributed by atoms with E-state index in [1.807, 2.05) is 18.2 Å². The molecule has 4 rings (SSSR count). The molecule has 0 radical (unpaired) electrons. The summed E-state index contributed by atoms with van der Waals surface area (Å²) in [5.74, 6) is 2.06. The number of benzene rings is 1. The SMILES string of the molecule is C[C@@H](c1ccccc1Cl)N(Cc1nnc(C2CC2)o1)C1CC1. The summed E-state index contributed by atoms with van der Waals surface area (Å²) < 4.78 is 5.84. The summed E-state index contributed by atoms with van der Waals surface area (Å²) in [6, 6.07) is 8.92. The van der Waals surface area contributed by atoms with E-state index in [-0.39, 0.29) is 6.04 Å². The highest BCUT2D eigenvalue weighted by Gasteiger charge is 2.35. The number of hydrogen-bond donors (Lipinski definition) is 0. The van der Waals surface area contributed by atoms with Crippen molar-refractivity contribution in [3.05, 3.63) is 46.6 Å². The molecule has 0 spiro atoms. The highest BCUT2D eigenvalue weighted by molar-refractivity contribution is 6.31. The van der Waals surface area contributed by atoms with Crippen LogP contribution in [0.25, 0.3) is 0 Å². The first-order valence-corrected chi connectivity index (χ1v) is 8.42. The van der Waals surface area contributed by atoms with Gasteiger partial charge in [-0.2, -0.15) is 0 Å². The van der Waals surface area contributed by atoms with Gasteiger partial charge in [0.1, 0.15) is 0 Å². The molecule has 0 unspecified atom stereocenters. The fourth-order valence-corrected chi connectivity index (χ4v) is 3.26. The van der Waals surface area contributed by atoms with Crippen LogP contribution in [0.3, 0.4) is 0 Å². The average Bonchev–Trinajstić information content (AvgIpc) is 3.44. The molecule has 5 heteroatoms. The Morgan fingerprint density at radius 2 is 2.00 bits per heavy atom. The minimum atomic E-state index is 0.248. The number of halogens is 1. The van der Waals surface area contributed by atoms with Crippen molar-refractivity contribution < 1.29 is 4.42 Å².